The molecule has 0 aromatic heterocycles. The lowest BCUT2D eigenvalue weighted by Crippen LogP contribution is -2.20. The van der Waals surface area contributed by atoms with Crippen molar-refractivity contribution < 1.29 is 14.8 Å². The molecule has 1 atom stereocenters. The second-order valence-corrected chi connectivity index (χ2v) is 8.50. The molecule has 1 N–H and O–H groups in total. The van der Waals surface area contributed by atoms with Crippen molar-refractivity contribution in [3.8, 4) is 0 Å². The Morgan fingerprint density at radius 2 is 0.862 bits per heavy atom. The fraction of sp³-hybridized carbons (Fsp3) is 0.958. The predicted octanol–water partition coefficient (Wildman–Crippen LogP) is 6.93. The van der Waals surface area contributed by atoms with Crippen LogP contribution in [0.1, 0.15) is 135 Å². The van der Waals surface area contributed by atoms with Crippen LogP contribution in [0.25, 0.3) is 0 Å². The second-order valence-electron chi connectivity index (χ2n) is 8.50. The molecule has 0 saturated heterocycles. The Labute approximate surface area is 179 Å². The van der Waals surface area contributed by atoms with E-state index in [-0.39, 0.29) is 0 Å². The molecular weight excluding hydrogens is 366 g/mol. The summed E-state index contributed by atoms with van der Waals surface area (Å²) in [5.74, 6) is 0. The smallest absolute Gasteiger partial charge is 0.278 e. The van der Waals surface area contributed by atoms with Crippen molar-refractivity contribution in [2.45, 2.75) is 141 Å². The zero-order valence-electron chi connectivity index (χ0n) is 18.8. The molecule has 171 valence electrons. The molecule has 5 heteroatoms. The zero-order chi connectivity index (χ0) is 21.4. The highest BCUT2D eigenvalue weighted by Gasteiger charge is 2.18. The van der Waals surface area contributed by atoms with Gasteiger partial charge in [-0.25, -0.2) is 0 Å². The van der Waals surface area contributed by atoms with Crippen molar-refractivity contribution in [2.75, 3.05) is 6.61 Å². The predicted molar refractivity (Wildman–Crippen MR) is 121 cm³/mol. The summed E-state index contributed by atoms with van der Waals surface area (Å²) >= 11 is 0. The van der Waals surface area contributed by atoms with Gasteiger partial charge in [-0.1, -0.05) is 116 Å². The Balaban J connectivity index is 3.10. The summed E-state index contributed by atoms with van der Waals surface area (Å²) in [5, 5.41) is 19.2. The van der Waals surface area contributed by atoms with E-state index in [2.05, 4.69) is 0 Å². The molecule has 0 amide bonds. The van der Waals surface area contributed by atoms with E-state index in [1.54, 1.807) is 0 Å². The minimum Gasteiger partial charge on any atom is -0.396 e. The number of nitro groups is 1. The topological polar surface area (TPSA) is 80.4 Å². The number of unbranched alkanes of at least 4 members (excludes halogenated alkanes) is 19. The number of hydrogen-bond acceptors (Lipinski definition) is 4. The van der Waals surface area contributed by atoms with Gasteiger partial charge in [0.15, 0.2) is 0 Å². The molecule has 5 nitrogen and oxygen atoms in total. The molecule has 0 aliphatic rings. The average molecular weight is 413 g/mol. The first-order valence-electron chi connectivity index (χ1n) is 12.3. The summed E-state index contributed by atoms with van der Waals surface area (Å²) in [6.45, 7) is 0.346. The molecule has 0 aliphatic heterocycles. The molecule has 1 unspecified atom stereocenters. The van der Waals surface area contributed by atoms with Gasteiger partial charge in [0.2, 0.25) is 0 Å². The van der Waals surface area contributed by atoms with Gasteiger partial charge in [0, 0.05) is 18.0 Å². The van der Waals surface area contributed by atoms with Crippen LogP contribution in [0.15, 0.2) is 0 Å². The zero-order valence-corrected chi connectivity index (χ0v) is 18.8. The van der Waals surface area contributed by atoms with Crippen LogP contribution in [0.3, 0.4) is 0 Å². The van der Waals surface area contributed by atoms with E-state index >= 15 is 0 Å². The van der Waals surface area contributed by atoms with E-state index in [4.69, 9.17) is 5.11 Å². The Hall–Kier alpha value is -0.970. The first-order chi connectivity index (χ1) is 14.2. The van der Waals surface area contributed by atoms with E-state index < -0.39 is 11.0 Å². The fourth-order valence-electron chi connectivity index (χ4n) is 3.84. The van der Waals surface area contributed by atoms with E-state index in [9.17, 15) is 14.9 Å². The molecule has 0 aromatic carbocycles. The van der Waals surface area contributed by atoms with Gasteiger partial charge in [0.25, 0.3) is 12.3 Å². The molecule has 29 heavy (non-hydrogen) atoms. The fourth-order valence-corrected chi connectivity index (χ4v) is 3.84. The van der Waals surface area contributed by atoms with E-state index in [1.165, 1.54) is 109 Å². The molecule has 0 saturated carbocycles. The van der Waals surface area contributed by atoms with Gasteiger partial charge in [0.05, 0.1) is 0 Å². The largest absolute Gasteiger partial charge is 0.396 e. The monoisotopic (exact) mass is 412 g/mol. The van der Waals surface area contributed by atoms with Crippen LogP contribution in [-0.2, 0) is 4.79 Å². The normalized spacial score (nSPS) is 12.2. The third-order valence-corrected chi connectivity index (χ3v) is 5.78. The van der Waals surface area contributed by atoms with Crippen molar-refractivity contribution in [3.05, 3.63) is 10.1 Å². The van der Waals surface area contributed by atoms with Gasteiger partial charge >= 0.3 is 0 Å². The third-order valence-electron chi connectivity index (χ3n) is 5.78. The lowest BCUT2D eigenvalue weighted by atomic mass is 10.0. The van der Waals surface area contributed by atoms with Crippen LogP contribution in [-0.4, -0.2) is 29.0 Å². The van der Waals surface area contributed by atoms with Crippen molar-refractivity contribution in [1.82, 2.24) is 0 Å². The van der Waals surface area contributed by atoms with Gasteiger partial charge in [-0.05, 0) is 12.8 Å². The standard InChI is InChI=1S/C24H46NO4/c26-22-20-18-16-14-12-10-8-6-4-2-1-3-5-7-9-11-13-15-17-19-21-24(23-27)25(28)29/h24,26H,1-22H2. The van der Waals surface area contributed by atoms with Crippen molar-refractivity contribution in [2.24, 2.45) is 0 Å². The number of nitrogens with zero attached hydrogens (tertiary/aromatic N) is 1. The third kappa shape index (κ3) is 21.6. The maximum absolute atomic E-state index is 10.5. The molecule has 1 radical (unpaired) electrons. The maximum atomic E-state index is 10.5. The van der Waals surface area contributed by atoms with E-state index in [0.717, 1.165) is 25.7 Å². The molecule has 0 aliphatic carbocycles. The number of hydrogen-bond donors (Lipinski definition) is 1. The highest BCUT2D eigenvalue weighted by Crippen LogP contribution is 2.15. The Morgan fingerprint density at radius 1 is 0.586 bits per heavy atom. The van der Waals surface area contributed by atoms with Gasteiger partial charge in [0.1, 0.15) is 0 Å². The van der Waals surface area contributed by atoms with Crippen molar-refractivity contribution in [1.29, 1.82) is 0 Å². The molecular formula is C24H46NO4. The molecule has 0 rings (SSSR count). The number of carbonyl (C=O) groups excluding carboxylic acids is 1. The van der Waals surface area contributed by atoms with Gasteiger partial charge in [-0.3, -0.25) is 14.9 Å². The molecule has 0 heterocycles. The van der Waals surface area contributed by atoms with E-state index in [1.807, 2.05) is 0 Å². The van der Waals surface area contributed by atoms with Gasteiger partial charge < -0.3 is 5.11 Å². The summed E-state index contributed by atoms with van der Waals surface area (Å²) in [6.07, 6.45) is 27.0. The number of rotatable bonds is 24. The van der Waals surface area contributed by atoms with E-state index in [0.29, 0.717) is 13.0 Å². The Morgan fingerprint density at radius 3 is 1.10 bits per heavy atom. The molecule has 0 spiro atoms. The highest BCUT2D eigenvalue weighted by atomic mass is 16.6. The van der Waals surface area contributed by atoms with Crippen molar-refractivity contribution >= 4 is 6.29 Å². The van der Waals surface area contributed by atoms with Gasteiger partial charge in [-0.15, -0.1) is 0 Å². The number of aliphatic hydroxyl groups excluding tert-OH is 1. The maximum Gasteiger partial charge on any atom is 0.278 e. The van der Waals surface area contributed by atoms with Gasteiger partial charge in [-0.2, -0.15) is 0 Å². The van der Waals surface area contributed by atoms with Crippen LogP contribution >= 0.6 is 0 Å². The van der Waals surface area contributed by atoms with Crippen LogP contribution < -0.4 is 0 Å². The minimum atomic E-state index is -1.12. The first kappa shape index (κ1) is 28.0. The lowest BCUT2D eigenvalue weighted by molar-refractivity contribution is -0.503. The molecule has 0 aromatic rings. The summed E-state index contributed by atoms with van der Waals surface area (Å²) in [6, 6.07) is -1.12. The van der Waals surface area contributed by atoms with Crippen LogP contribution in [0, 0.1) is 10.1 Å². The summed E-state index contributed by atoms with van der Waals surface area (Å²) in [5.41, 5.74) is 0. The quantitative estimate of drug-likeness (QED) is 0.106. The van der Waals surface area contributed by atoms with Crippen molar-refractivity contribution in [3.63, 3.8) is 0 Å². The second kappa shape index (κ2) is 23.3. The summed E-state index contributed by atoms with van der Waals surface area (Å²) in [7, 11) is 0. The highest BCUT2D eigenvalue weighted by molar-refractivity contribution is 5.56. The molecule has 0 bridgehead atoms. The van der Waals surface area contributed by atoms with Crippen LogP contribution in [0.2, 0.25) is 0 Å². The molecule has 0 fully saturated rings. The van der Waals surface area contributed by atoms with Crippen LogP contribution in [0.5, 0.6) is 0 Å². The average Bonchev–Trinajstić information content (AvgIpc) is 2.71. The lowest BCUT2D eigenvalue weighted by Gasteiger charge is -2.04. The number of aliphatic hydroxyl groups is 1. The SMILES string of the molecule is O=[C]C(CCCCCCCCCCCCCCCCCCCCCCO)[N+](=O)[O-]. The summed E-state index contributed by atoms with van der Waals surface area (Å²) < 4.78 is 0. The Bertz CT molecular complexity index is 363. The van der Waals surface area contributed by atoms with Crippen LogP contribution in [0.4, 0.5) is 0 Å². The Kier molecular flexibility index (Phi) is 22.5. The first-order valence-corrected chi connectivity index (χ1v) is 12.3. The minimum absolute atomic E-state index is 0.335. The summed E-state index contributed by atoms with van der Waals surface area (Å²) in [4.78, 5) is 20.4.